The van der Waals surface area contributed by atoms with Crippen LogP contribution in [0.5, 0.6) is 0 Å². The molecule has 2 heterocycles. The summed E-state index contributed by atoms with van der Waals surface area (Å²) in [5, 5.41) is 13.9. The normalized spacial score (nSPS) is 10.1. The first-order chi connectivity index (χ1) is 8.68. The van der Waals surface area contributed by atoms with Crippen molar-refractivity contribution in [1.82, 2.24) is 9.97 Å². The Morgan fingerprint density at radius 1 is 1.28 bits per heavy atom. The van der Waals surface area contributed by atoms with Gasteiger partial charge in [0.2, 0.25) is 0 Å². The van der Waals surface area contributed by atoms with Crippen LogP contribution in [0.3, 0.4) is 0 Å². The van der Waals surface area contributed by atoms with E-state index in [1.807, 2.05) is 13.0 Å². The Labute approximate surface area is 104 Å². The molecule has 18 heavy (non-hydrogen) atoms. The average Bonchev–Trinajstić information content (AvgIpc) is 2.38. The molecule has 0 atom stereocenters. The highest BCUT2D eigenvalue weighted by molar-refractivity contribution is 5.59. The molecule has 0 saturated carbocycles. The molecule has 0 amide bonds. The second-order valence-corrected chi connectivity index (χ2v) is 3.81. The molecule has 0 aliphatic rings. The third kappa shape index (κ3) is 2.60. The molecule has 6 heteroatoms. The summed E-state index contributed by atoms with van der Waals surface area (Å²) in [6.07, 6.45) is 6.22. The molecule has 0 fully saturated rings. The zero-order chi connectivity index (χ0) is 13.0. The van der Waals surface area contributed by atoms with Crippen molar-refractivity contribution in [3.05, 3.63) is 58.2 Å². The summed E-state index contributed by atoms with van der Waals surface area (Å²) in [4.78, 5) is 18.1. The zero-order valence-corrected chi connectivity index (χ0v) is 9.83. The highest BCUT2D eigenvalue weighted by atomic mass is 16.6. The smallest absolute Gasteiger partial charge is 0.310 e. The summed E-state index contributed by atoms with van der Waals surface area (Å²) in [6.45, 7) is 2.46. The number of aryl methyl sites for hydroxylation is 1. The lowest BCUT2D eigenvalue weighted by atomic mass is 10.1. The second-order valence-electron chi connectivity index (χ2n) is 3.81. The number of hydrogen-bond donors (Lipinski definition) is 1. The minimum Gasteiger partial charge on any atom is -0.375 e. The molecular formula is C12H12N4O2. The maximum absolute atomic E-state index is 10.8. The first-order valence-corrected chi connectivity index (χ1v) is 5.40. The molecule has 0 saturated heterocycles. The molecule has 0 spiro atoms. The van der Waals surface area contributed by atoms with E-state index in [1.165, 1.54) is 12.4 Å². The Kier molecular flexibility index (Phi) is 3.47. The van der Waals surface area contributed by atoms with Gasteiger partial charge < -0.3 is 5.32 Å². The van der Waals surface area contributed by atoms with Gasteiger partial charge in [-0.25, -0.2) is 0 Å². The Morgan fingerprint density at radius 3 is 2.72 bits per heavy atom. The number of rotatable bonds is 4. The summed E-state index contributed by atoms with van der Waals surface area (Å²) in [6, 6.07) is 3.48. The Balaban J connectivity index is 2.16. The number of hydrogen-bond acceptors (Lipinski definition) is 5. The van der Waals surface area contributed by atoms with Crippen molar-refractivity contribution in [3.63, 3.8) is 0 Å². The van der Waals surface area contributed by atoms with Crippen molar-refractivity contribution in [2.75, 3.05) is 5.32 Å². The summed E-state index contributed by atoms with van der Waals surface area (Å²) >= 11 is 0. The highest BCUT2D eigenvalue weighted by Crippen LogP contribution is 2.22. The van der Waals surface area contributed by atoms with Crippen LogP contribution in [0.4, 0.5) is 11.4 Å². The fourth-order valence-corrected chi connectivity index (χ4v) is 1.57. The van der Waals surface area contributed by atoms with Crippen molar-refractivity contribution >= 4 is 11.4 Å². The third-order valence-electron chi connectivity index (χ3n) is 2.60. The van der Waals surface area contributed by atoms with Crippen LogP contribution in [-0.2, 0) is 6.54 Å². The van der Waals surface area contributed by atoms with E-state index in [4.69, 9.17) is 0 Å². The summed E-state index contributed by atoms with van der Waals surface area (Å²) < 4.78 is 0. The van der Waals surface area contributed by atoms with Gasteiger partial charge in [-0.15, -0.1) is 0 Å². The Hall–Kier alpha value is -2.50. The van der Waals surface area contributed by atoms with Crippen LogP contribution in [0.25, 0.3) is 0 Å². The maximum Gasteiger partial charge on any atom is 0.310 e. The van der Waals surface area contributed by atoms with Crippen LogP contribution < -0.4 is 5.32 Å². The van der Waals surface area contributed by atoms with Gasteiger partial charge in [-0.2, -0.15) is 0 Å². The molecule has 0 aliphatic heterocycles. The predicted molar refractivity (Wildman–Crippen MR) is 67.2 cm³/mol. The van der Waals surface area contributed by atoms with E-state index in [9.17, 15) is 10.1 Å². The molecular weight excluding hydrogens is 232 g/mol. The molecule has 0 bridgehead atoms. The lowest BCUT2D eigenvalue weighted by Crippen LogP contribution is -2.04. The van der Waals surface area contributed by atoms with Gasteiger partial charge in [-0.05, 0) is 30.2 Å². The van der Waals surface area contributed by atoms with E-state index in [1.54, 1.807) is 18.5 Å². The predicted octanol–water partition coefficient (Wildman–Crippen LogP) is 2.31. The summed E-state index contributed by atoms with van der Waals surface area (Å²) in [5.74, 6) is 0. The van der Waals surface area contributed by atoms with Crippen LogP contribution in [0.1, 0.15) is 11.1 Å². The molecule has 2 aromatic rings. The number of aromatic nitrogens is 2. The van der Waals surface area contributed by atoms with Crippen LogP contribution in [0.15, 0.2) is 36.9 Å². The minimum absolute atomic E-state index is 0.0239. The third-order valence-corrected chi connectivity index (χ3v) is 2.60. The number of nitrogens with zero attached hydrogens (tertiary/aromatic N) is 3. The van der Waals surface area contributed by atoms with Crippen LogP contribution in [-0.4, -0.2) is 14.9 Å². The van der Waals surface area contributed by atoms with Crippen molar-refractivity contribution in [2.45, 2.75) is 13.5 Å². The molecule has 2 aromatic heterocycles. The largest absolute Gasteiger partial charge is 0.375 e. The first kappa shape index (κ1) is 12.0. The molecule has 0 unspecified atom stereocenters. The quantitative estimate of drug-likeness (QED) is 0.659. The summed E-state index contributed by atoms with van der Waals surface area (Å²) in [7, 11) is 0. The van der Waals surface area contributed by atoms with Gasteiger partial charge in [-0.3, -0.25) is 20.1 Å². The lowest BCUT2D eigenvalue weighted by molar-refractivity contribution is -0.384. The summed E-state index contributed by atoms with van der Waals surface area (Å²) in [5.41, 5.74) is 2.54. The molecule has 0 aliphatic carbocycles. The first-order valence-electron chi connectivity index (χ1n) is 5.40. The van der Waals surface area contributed by atoms with Crippen LogP contribution in [0, 0.1) is 17.0 Å². The fourth-order valence-electron chi connectivity index (χ4n) is 1.57. The van der Waals surface area contributed by atoms with Crippen LogP contribution in [0.2, 0.25) is 0 Å². The topological polar surface area (TPSA) is 81.0 Å². The molecule has 6 nitrogen and oxygen atoms in total. The molecule has 0 radical (unpaired) electrons. The molecule has 92 valence electrons. The molecule has 2 rings (SSSR count). The monoisotopic (exact) mass is 244 g/mol. The average molecular weight is 244 g/mol. The fraction of sp³-hybridized carbons (Fsp3) is 0.167. The van der Waals surface area contributed by atoms with E-state index in [0.717, 1.165) is 11.1 Å². The zero-order valence-electron chi connectivity index (χ0n) is 9.83. The second kappa shape index (κ2) is 5.22. The number of nitrogens with one attached hydrogen (secondary N) is 1. The minimum atomic E-state index is -0.450. The van der Waals surface area contributed by atoms with Gasteiger partial charge in [0.15, 0.2) is 0 Å². The van der Waals surface area contributed by atoms with Crippen molar-refractivity contribution in [2.24, 2.45) is 0 Å². The number of nitro groups is 1. The molecule has 1 N–H and O–H groups in total. The van der Waals surface area contributed by atoms with Gasteiger partial charge >= 0.3 is 5.69 Å². The van der Waals surface area contributed by atoms with Gasteiger partial charge in [0, 0.05) is 25.1 Å². The Bertz CT molecular complexity index is 572. The van der Waals surface area contributed by atoms with Gasteiger partial charge in [0.1, 0.15) is 11.9 Å². The number of pyridine rings is 2. The number of anilines is 1. The van der Waals surface area contributed by atoms with Crippen molar-refractivity contribution in [3.8, 4) is 0 Å². The Morgan fingerprint density at radius 2 is 2.00 bits per heavy atom. The van der Waals surface area contributed by atoms with Gasteiger partial charge in [0.05, 0.1) is 4.92 Å². The lowest BCUT2D eigenvalue weighted by Gasteiger charge is -2.08. The SMILES string of the molecule is Cc1cnccc1CNc1ccncc1[N+](=O)[O-]. The van der Waals surface area contributed by atoms with E-state index in [-0.39, 0.29) is 5.69 Å². The highest BCUT2D eigenvalue weighted by Gasteiger charge is 2.12. The van der Waals surface area contributed by atoms with Gasteiger partial charge in [0.25, 0.3) is 0 Å². The maximum atomic E-state index is 10.8. The van der Waals surface area contributed by atoms with E-state index in [2.05, 4.69) is 15.3 Å². The van der Waals surface area contributed by atoms with Gasteiger partial charge in [-0.1, -0.05) is 0 Å². The van der Waals surface area contributed by atoms with E-state index >= 15 is 0 Å². The van der Waals surface area contributed by atoms with E-state index in [0.29, 0.717) is 12.2 Å². The standard InChI is InChI=1S/C12H12N4O2/c1-9-6-13-4-2-10(9)7-15-11-3-5-14-8-12(11)16(17)18/h2-6,8H,7H2,1H3,(H,14,15). The van der Waals surface area contributed by atoms with Crippen LogP contribution >= 0.6 is 0 Å². The van der Waals surface area contributed by atoms with E-state index < -0.39 is 4.92 Å². The molecule has 0 aromatic carbocycles. The van der Waals surface area contributed by atoms with Crippen molar-refractivity contribution in [1.29, 1.82) is 0 Å². The van der Waals surface area contributed by atoms with Crippen molar-refractivity contribution < 1.29 is 4.92 Å².